The van der Waals surface area contributed by atoms with Gasteiger partial charge in [0.2, 0.25) is 5.91 Å². The molecule has 2 bridgehead atoms. The molecule has 5 nitrogen and oxygen atoms in total. The summed E-state index contributed by atoms with van der Waals surface area (Å²) in [5, 5.41) is 12.3. The summed E-state index contributed by atoms with van der Waals surface area (Å²) in [6.45, 7) is 0.666. The van der Waals surface area contributed by atoms with Crippen LogP contribution < -0.4 is 5.32 Å². The molecule has 0 radical (unpaired) electrons. The van der Waals surface area contributed by atoms with Gasteiger partial charge in [0.05, 0.1) is 5.92 Å². The molecule has 0 aromatic heterocycles. The minimum atomic E-state index is -0.753. The van der Waals surface area contributed by atoms with Crippen LogP contribution in [0.15, 0.2) is 0 Å². The molecule has 0 unspecified atom stereocenters. The fourth-order valence-electron chi connectivity index (χ4n) is 3.64. The average molecular weight is 269 g/mol. The molecule has 1 amide bonds. The van der Waals surface area contributed by atoms with Gasteiger partial charge >= 0.3 is 5.97 Å². The number of rotatable bonds is 7. The smallest absolute Gasteiger partial charge is 0.308 e. The second-order valence-electron chi connectivity index (χ2n) is 5.74. The van der Waals surface area contributed by atoms with Crippen molar-refractivity contribution in [2.24, 2.45) is 17.8 Å². The molecule has 0 aromatic rings. The van der Waals surface area contributed by atoms with Crippen molar-refractivity contribution in [3.05, 3.63) is 0 Å². The number of aliphatic carboxylic acids is 1. The van der Waals surface area contributed by atoms with E-state index in [2.05, 4.69) is 5.32 Å². The first-order valence-electron chi connectivity index (χ1n) is 7.14. The minimum Gasteiger partial charge on any atom is -0.481 e. The predicted octanol–water partition coefficient (Wildman–Crippen LogP) is 1.42. The Bertz CT molecular complexity index is 344. The van der Waals surface area contributed by atoms with Crippen molar-refractivity contribution < 1.29 is 19.4 Å². The number of carbonyl (C=O) groups excluding carboxylic acids is 1. The number of hydrogen-bond donors (Lipinski definition) is 2. The number of fused-ring (bicyclic) bond motifs is 2. The van der Waals surface area contributed by atoms with Crippen molar-refractivity contribution in [3.63, 3.8) is 0 Å². The summed E-state index contributed by atoms with van der Waals surface area (Å²) in [7, 11) is 1.65. The lowest BCUT2D eigenvalue weighted by molar-refractivity contribution is -0.144. The van der Waals surface area contributed by atoms with E-state index in [1.807, 2.05) is 0 Å². The van der Waals surface area contributed by atoms with Gasteiger partial charge in [-0.05, 0) is 43.9 Å². The Morgan fingerprint density at radius 1 is 1.26 bits per heavy atom. The van der Waals surface area contributed by atoms with Crippen LogP contribution in [0.1, 0.15) is 38.5 Å². The molecule has 2 rings (SSSR count). The van der Waals surface area contributed by atoms with Crippen LogP contribution in [0.3, 0.4) is 0 Å². The van der Waals surface area contributed by atoms with Crippen LogP contribution >= 0.6 is 0 Å². The van der Waals surface area contributed by atoms with E-state index in [1.54, 1.807) is 7.11 Å². The lowest BCUT2D eigenvalue weighted by atomic mass is 9.84. The third-order valence-electron chi connectivity index (χ3n) is 4.53. The maximum atomic E-state index is 11.9. The molecule has 5 heteroatoms. The molecule has 2 aliphatic carbocycles. The van der Waals surface area contributed by atoms with E-state index in [0.717, 1.165) is 32.1 Å². The molecule has 0 heterocycles. The van der Waals surface area contributed by atoms with E-state index >= 15 is 0 Å². The minimum absolute atomic E-state index is 0.0140. The fraction of sp³-hybridized carbons (Fsp3) is 0.857. The van der Waals surface area contributed by atoms with E-state index in [9.17, 15) is 14.7 Å². The number of methoxy groups -OCH3 is 1. The van der Waals surface area contributed by atoms with Crippen LogP contribution in [0.5, 0.6) is 0 Å². The maximum absolute atomic E-state index is 11.9. The Morgan fingerprint density at radius 2 is 2.00 bits per heavy atom. The molecular formula is C14H23NO4. The maximum Gasteiger partial charge on any atom is 0.308 e. The topological polar surface area (TPSA) is 75.6 Å². The van der Waals surface area contributed by atoms with E-state index < -0.39 is 5.97 Å². The van der Waals surface area contributed by atoms with E-state index in [1.165, 1.54) is 0 Å². The van der Waals surface area contributed by atoms with Crippen LogP contribution in [0.2, 0.25) is 0 Å². The van der Waals surface area contributed by atoms with Crippen LogP contribution in [0, 0.1) is 17.8 Å². The first kappa shape index (κ1) is 14.3. The fourth-order valence-corrected chi connectivity index (χ4v) is 3.64. The highest BCUT2D eigenvalue weighted by Gasteiger charge is 2.51. The monoisotopic (exact) mass is 269 g/mol. The summed E-state index contributed by atoms with van der Waals surface area (Å²) in [5.41, 5.74) is 0. The normalized spacial score (nSPS) is 32.5. The molecule has 4 atom stereocenters. The van der Waals surface area contributed by atoms with Crippen molar-refractivity contribution in [3.8, 4) is 0 Å². The molecular weight excluding hydrogens is 246 g/mol. The Balaban J connectivity index is 1.80. The van der Waals surface area contributed by atoms with Crippen molar-refractivity contribution in [2.75, 3.05) is 13.7 Å². The van der Waals surface area contributed by atoms with Gasteiger partial charge in [0.15, 0.2) is 0 Å². The summed E-state index contributed by atoms with van der Waals surface area (Å²) in [6.07, 6.45) is 5.14. The molecule has 2 N–H and O–H groups in total. The molecule has 0 aliphatic heterocycles. The third-order valence-corrected chi connectivity index (χ3v) is 4.53. The zero-order valence-corrected chi connectivity index (χ0v) is 11.4. The summed E-state index contributed by atoms with van der Waals surface area (Å²) < 4.78 is 4.94. The van der Waals surface area contributed by atoms with Gasteiger partial charge in [-0.3, -0.25) is 9.59 Å². The molecule has 0 saturated heterocycles. The van der Waals surface area contributed by atoms with Crippen molar-refractivity contribution in [1.82, 2.24) is 5.32 Å². The van der Waals surface area contributed by atoms with Gasteiger partial charge in [-0.25, -0.2) is 0 Å². The number of ether oxygens (including phenoxy) is 1. The van der Waals surface area contributed by atoms with Gasteiger partial charge < -0.3 is 15.2 Å². The summed E-state index contributed by atoms with van der Waals surface area (Å²) in [5.74, 6) is -0.506. The molecule has 108 valence electrons. The Labute approximate surface area is 113 Å². The molecule has 2 saturated carbocycles. The standard InChI is InChI=1S/C14H23NO4/c1-19-7-3-2-4-11(16)15-13-10-6-5-9(8-10)12(13)14(17)18/h9-10,12-13H,2-8H2,1H3,(H,15,16)(H,17,18)/t9-,10-,12+,13+/m0/s1. The third kappa shape index (κ3) is 3.26. The zero-order chi connectivity index (χ0) is 13.8. The van der Waals surface area contributed by atoms with Gasteiger partial charge in [-0.2, -0.15) is 0 Å². The van der Waals surface area contributed by atoms with Crippen molar-refractivity contribution in [1.29, 1.82) is 0 Å². The van der Waals surface area contributed by atoms with Crippen LogP contribution in [-0.2, 0) is 14.3 Å². The van der Waals surface area contributed by atoms with Gasteiger partial charge in [0.25, 0.3) is 0 Å². The average Bonchev–Trinajstić information content (AvgIpc) is 2.95. The lowest BCUT2D eigenvalue weighted by Gasteiger charge is -2.28. The van der Waals surface area contributed by atoms with Crippen molar-refractivity contribution >= 4 is 11.9 Å². The second-order valence-corrected chi connectivity index (χ2v) is 5.74. The van der Waals surface area contributed by atoms with Crippen LogP contribution in [0.4, 0.5) is 0 Å². The molecule has 2 aliphatic rings. The number of carboxylic acids is 1. The Morgan fingerprint density at radius 3 is 2.68 bits per heavy atom. The second kappa shape index (κ2) is 6.37. The molecule has 2 fully saturated rings. The highest BCUT2D eigenvalue weighted by atomic mass is 16.5. The number of carboxylic acid groups (broad SMARTS) is 1. The van der Waals surface area contributed by atoms with Crippen molar-refractivity contribution in [2.45, 2.75) is 44.6 Å². The van der Waals surface area contributed by atoms with Crippen LogP contribution in [-0.4, -0.2) is 36.7 Å². The first-order valence-corrected chi connectivity index (χ1v) is 7.14. The molecule has 0 spiro atoms. The Kier molecular flexibility index (Phi) is 4.80. The van der Waals surface area contributed by atoms with Crippen LogP contribution in [0.25, 0.3) is 0 Å². The predicted molar refractivity (Wildman–Crippen MR) is 69.6 cm³/mol. The number of amides is 1. The van der Waals surface area contributed by atoms with Gasteiger partial charge in [0.1, 0.15) is 0 Å². The first-order chi connectivity index (χ1) is 9.13. The Hall–Kier alpha value is -1.10. The summed E-state index contributed by atoms with van der Waals surface area (Å²) in [4.78, 5) is 23.2. The van der Waals surface area contributed by atoms with Gasteiger partial charge in [-0.1, -0.05) is 0 Å². The number of unbranched alkanes of at least 4 members (excludes halogenated alkanes) is 1. The number of carbonyl (C=O) groups is 2. The molecule has 0 aromatic carbocycles. The van der Waals surface area contributed by atoms with E-state index in [0.29, 0.717) is 18.9 Å². The van der Waals surface area contributed by atoms with Gasteiger partial charge in [0, 0.05) is 26.2 Å². The number of hydrogen-bond acceptors (Lipinski definition) is 3. The molecule has 19 heavy (non-hydrogen) atoms. The quantitative estimate of drug-likeness (QED) is 0.685. The zero-order valence-electron chi connectivity index (χ0n) is 11.4. The highest BCUT2D eigenvalue weighted by molar-refractivity contribution is 5.78. The summed E-state index contributed by atoms with van der Waals surface area (Å²) >= 11 is 0. The highest BCUT2D eigenvalue weighted by Crippen LogP contribution is 2.48. The lowest BCUT2D eigenvalue weighted by Crippen LogP contribution is -2.46. The largest absolute Gasteiger partial charge is 0.481 e. The van der Waals surface area contributed by atoms with E-state index in [-0.39, 0.29) is 23.8 Å². The summed E-state index contributed by atoms with van der Waals surface area (Å²) in [6, 6.07) is -0.147. The van der Waals surface area contributed by atoms with Gasteiger partial charge in [-0.15, -0.1) is 0 Å². The SMILES string of the molecule is COCCCCC(=O)N[C@@H]1[C@H]2CC[C@@H](C2)[C@H]1C(=O)O. The number of nitrogens with one attached hydrogen (secondary N) is 1. The van der Waals surface area contributed by atoms with E-state index in [4.69, 9.17) is 4.74 Å².